The Labute approximate surface area is 128 Å². The van der Waals surface area contributed by atoms with Crippen molar-refractivity contribution in [2.24, 2.45) is 17.8 Å². The molecule has 1 aliphatic carbocycles. The Bertz CT molecular complexity index is 436. The molecule has 1 aromatic rings. The van der Waals surface area contributed by atoms with Gasteiger partial charge < -0.3 is 9.84 Å². The summed E-state index contributed by atoms with van der Waals surface area (Å²) in [7, 11) is 0. The largest absolute Gasteiger partial charge is 0.474 e. The van der Waals surface area contributed by atoms with Crippen LogP contribution in [0.5, 0.6) is 5.88 Å². The van der Waals surface area contributed by atoms with E-state index in [4.69, 9.17) is 4.74 Å². The molecule has 1 saturated carbocycles. The van der Waals surface area contributed by atoms with Gasteiger partial charge in [0.2, 0.25) is 5.88 Å². The van der Waals surface area contributed by atoms with Gasteiger partial charge in [-0.2, -0.15) is 0 Å². The lowest BCUT2D eigenvalue weighted by Crippen LogP contribution is -2.36. The minimum Gasteiger partial charge on any atom is -0.474 e. The molecule has 1 aromatic heterocycles. The van der Waals surface area contributed by atoms with Gasteiger partial charge in [-0.3, -0.25) is 0 Å². The molecular formula is C18H29NO2. The number of hydrogen-bond donors (Lipinski definition) is 1. The van der Waals surface area contributed by atoms with E-state index in [1.165, 1.54) is 12.8 Å². The van der Waals surface area contributed by atoms with Crippen molar-refractivity contribution in [3.63, 3.8) is 0 Å². The fraction of sp³-hybridized carbons (Fsp3) is 0.722. The standard InChI is InChI=1S/C18H29NO2/c1-5-15-9-14(11-20)10-18(19-15)21-17-8-13(4)6-7-16(17)12(2)3/h9-10,12-13,16-17,20H,5-8,11H2,1-4H3. The highest BCUT2D eigenvalue weighted by molar-refractivity contribution is 5.25. The normalized spacial score (nSPS) is 26.1. The van der Waals surface area contributed by atoms with Gasteiger partial charge in [0.1, 0.15) is 6.10 Å². The number of hydrogen-bond acceptors (Lipinski definition) is 3. The third kappa shape index (κ3) is 4.19. The molecule has 3 unspecified atom stereocenters. The number of pyridine rings is 1. The second-order valence-corrected chi connectivity index (χ2v) is 6.80. The lowest BCUT2D eigenvalue weighted by molar-refractivity contribution is 0.0423. The van der Waals surface area contributed by atoms with E-state index in [9.17, 15) is 5.11 Å². The summed E-state index contributed by atoms with van der Waals surface area (Å²) < 4.78 is 6.26. The zero-order chi connectivity index (χ0) is 15.4. The third-order valence-electron chi connectivity index (χ3n) is 4.69. The molecule has 0 aromatic carbocycles. The van der Waals surface area contributed by atoms with Crippen LogP contribution in [0.3, 0.4) is 0 Å². The summed E-state index contributed by atoms with van der Waals surface area (Å²) in [6, 6.07) is 3.84. The third-order valence-corrected chi connectivity index (χ3v) is 4.69. The van der Waals surface area contributed by atoms with E-state index in [0.29, 0.717) is 17.7 Å². The van der Waals surface area contributed by atoms with Crippen molar-refractivity contribution < 1.29 is 9.84 Å². The van der Waals surface area contributed by atoms with Crippen molar-refractivity contribution in [1.82, 2.24) is 4.98 Å². The van der Waals surface area contributed by atoms with E-state index in [2.05, 4.69) is 32.7 Å². The molecule has 1 fully saturated rings. The van der Waals surface area contributed by atoms with Crippen LogP contribution in [-0.4, -0.2) is 16.2 Å². The number of aliphatic hydroxyl groups is 1. The molecular weight excluding hydrogens is 262 g/mol. The summed E-state index contributed by atoms with van der Waals surface area (Å²) in [6.45, 7) is 8.99. The van der Waals surface area contributed by atoms with Gasteiger partial charge in [0.05, 0.1) is 6.61 Å². The first-order valence-electron chi connectivity index (χ1n) is 8.30. The molecule has 0 aliphatic heterocycles. The fourth-order valence-corrected chi connectivity index (χ4v) is 3.36. The van der Waals surface area contributed by atoms with Crippen LogP contribution in [0, 0.1) is 17.8 Å². The van der Waals surface area contributed by atoms with E-state index in [1.807, 2.05) is 12.1 Å². The SMILES string of the molecule is CCc1cc(CO)cc(OC2CC(C)CCC2C(C)C)n1. The monoisotopic (exact) mass is 291 g/mol. The van der Waals surface area contributed by atoms with Gasteiger partial charge in [0.15, 0.2) is 0 Å². The van der Waals surface area contributed by atoms with Crippen LogP contribution in [0.4, 0.5) is 0 Å². The second-order valence-electron chi connectivity index (χ2n) is 6.80. The van der Waals surface area contributed by atoms with Gasteiger partial charge in [-0.1, -0.05) is 34.1 Å². The quantitative estimate of drug-likeness (QED) is 0.892. The maximum Gasteiger partial charge on any atom is 0.214 e. The van der Waals surface area contributed by atoms with Gasteiger partial charge in [-0.15, -0.1) is 0 Å². The predicted molar refractivity (Wildman–Crippen MR) is 85.3 cm³/mol. The van der Waals surface area contributed by atoms with Crippen molar-refractivity contribution >= 4 is 0 Å². The first-order valence-corrected chi connectivity index (χ1v) is 8.30. The van der Waals surface area contributed by atoms with Crippen LogP contribution in [0.1, 0.15) is 58.2 Å². The zero-order valence-corrected chi connectivity index (χ0v) is 13.8. The summed E-state index contributed by atoms with van der Waals surface area (Å²) in [4.78, 5) is 4.58. The number of ether oxygens (including phenoxy) is 1. The zero-order valence-electron chi connectivity index (χ0n) is 13.8. The van der Waals surface area contributed by atoms with Crippen LogP contribution < -0.4 is 4.74 Å². The highest BCUT2D eigenvalue weighted by atomic mass is 16.5. The molecule has 1 N–H and O–H groups in total. The van der Waals surface area contributed by atoms with Crippen LogP contribution >= 0.6 is 0 Å². The van der Waals surface area contributed by atoms with Crippen molar-refractivity contribution in [1.29, 1.82) is 0 Å². The number of aryl methyl sites for hydroxylation is 1. The summed E-state index contributed by atoms with van der Waals surface area (Å²) in [5, 5.41) is 9.39. The number of rotatable bonds is 5. The second kappa shape index (κ2) is 7.26. The van der Waals surface area contributed by atoms with Crippen molar-refractivity contribution in [3.8, 4) is 5.88 Å². The van der Waals surface area contributed by atoms with Crippen molar-refractivity contribution in [3.05, 3.63) is 23.4 Å². The maximum atomic E-state index is 9.39. The Balaban J connectivity index is 2.17. The molecule has 1 aliphatic rings. The molecule has 0 bridgehead atoms. The Hall–Kier alpha value is -1.09. The van der Waals surface area contributed by atoms with Gasteiger partial charge in [0.25, 0.3) is 0 Å². The Morgan fingerprint density at radius 2 is 2.10 bits per heavy atom. The van der Waals surface area contributed by atoms with Gasteiger partial charge in [0, 0.05) is 11.8 Å². The number of aliphatic hydroxyl groups excluding tert-OH is 1. The predicted octanol–water partition coefficient (Wildman–Crippen LogP) is 3.98. The average molecular weight is 291 g/mol. The Kier molecular flexibility index (Phi) is 5.63. The molecule has 3 atom stereocenters. The number of aromatic nitrogens is 1. The average Bonchev–Trinajstić information content (AvgIpc) is 2.46. The first kappa shape index (κ1) is 16.3. The van der Waals surface area contributed by atoms with Gasteiger partial charge in [-0.25, -0.2) is 4.98 Å². The van der Waals surface area contributed by atoms with Crippen LogP contribution in [0.25, 0.3) is 0 Å². The van der Waals surface area contributed by atoms with E-state index in [1.54, 1.807) is 0 Å². The summed E-state index contributed by atoms with van der Waals surface area (Å²) in [5.74, 6) is 2.64. The molecule has 0 amide bonds. The molecule has 21 heavy (non-hydrogen) atoms. The lowest BCUT2D eigenvalue weighted by atomic mass is 9.75. The smallest absolute Gasteiger partial charge is 0.214 e. The minimum atomic E-state index is 0.0422. The molecule has 3 nitrogen and oxygen atoms in total. The topological polar surface area (TPSA) is 42.4 Å². The first-order chi connectivity index (χ1) is 10.0. The molecule has 0 saturated heterocycles. The molecule has 3 heteroatoms. The van der Waals surface area contributed by atoms with E-state index in [0.717, 1.165) is 30.0 Å². The summed E-state index contributed by atoms with van der Waals surface area (Å²) in [6.07, 6.45) is 4.75. The van der Waals surface area contributed by atoms with E-state index >= 15 is 0 Å². The summed E-state index contributed by atoms with van der Waals surface area (Å²) in [5.41, 5.74) is 1.88. The van der Waals surface area contributed by atoms with Crippen LogP contribution in [-0.2, 0) is 13.0 Å². The molecule has 0 spiro atoms. The molecule has 1 heterocycles. The van der Waals surface area contributed by atoms with Crippen LogP contribution in [0.15, 0.2) is 12.1 Å². The highest BCUT2D eigenvalue weighted by Crippen LogP contribution is 2.35. The van der Waals surface area contributed by atoms with Gasteiger partial charge >= 0.3 is 0 Å². The number of nitrogens with zero attached hydrogens (tertiary/aromatic N) is 1. The van der Waals surface area contributed by atoms with Gasteiger partial charge in [-0.05, 0) is 48.6 Å². The Morgan fingerprint density at radius 3 is 2.71 bits per heavy atom. The molecule has 2 rings (SSSR count). The fourth-order valence-electron chi connectivity index (χ4n) is 3.36. The van der Waals surface area contributed by atoms with E-state index < -0.39 is 0 Å². The van der Waals surface area contributed by atoms with Crippen molar-refractivity contribution in [2.75, 3.05) is 0 Å². The van der Waals surface area contributed by atoms with Crippen molar-refractivity contribution in [2.45, 2.75) is 66.1 Å². The molecule has 0 radical (unpaired) electrons. The minimum absolute atomic E-state index is 0.0422. The maximum absolute atomic E-state index is 9.39. The van der Waals surface area contributed by atoms with E-state index in [-0.39, 0.29) is 12.7 Å². The molecule has 118 valence electrons. The lowest BCUT2D eigenvalue weighted by Gasteiger charge is -2.37. The Morgan fingerprint density at radius 1 is 1.33 bits per heavy atom. The van der Waals surface area contributed by atoms with Crippen LogP contribution in [0.2, 0.25) is 0 Å². The highest BCUT2D eigenvalue weighted by Gasteiger charge is 2.32. The summed E-state index contributed by atoms with van der Waals surface area (Å²) >= 11 is 0.